The van der Waals surface area contributed by atoms with Crippen LogP contribution in [0.5, 0.6) is 11.5 Å². The van der Waals surface area contributed by atoms with Gasteiger partial charge in [-0.25, -0.2) is 4.90 Å². The molecule has 3 aliphatic rings. The molecule has 2 aliphatic heterocycles. The molecule has 0 unspecified atom stereocenters. The van der Waals surface area contributed by atoms with Gasteiger partial charge in [-0.1, -0.05) is 48.5 Å². The maximum Gasteiger partial charge on any atom is 0.319 e. The first kappa shape index (κ1) is 21.4. The summed E-state index contributed by atoms with van der Waals surface area (Å²) in [4.78, 5) is 42.2. The summed E-state index contributed by atoms with van der Waals surface area (Å²) in [5.41, 5.74) is 3.89. The molecule has 174 valence electrons. The quantitative estimate of drug-likeness (QED) is 0.323. The van der Waals surface area contributed by atoms with Gasteiger partial charge in [0.1, 0.15) is 11.5 Å². The zero-order valence-corrected chi connectivity index (χ0v) is 19.3. The van der Waals surface area contributed by atoms with Crippen LogP contribution in [-0.4, -0.2) is 24.9 Å². The van der Waals surface area contributed by atoms with Crippen LogP contribution in [0.3, 0.4) is 0 Å². The van der Waals surface area contributed by atoms with Crippen LogP contribution in [-0.2, 0) is 14.4 Å². The van der Waals surface area contributed by atoms with Crippen molar-refractivity contribution in [2.24, 2.45) is 17.8 Å². The normalized spacial score (nSPS) is 24.8. The molecule has 6 nitrogen and oxygen atoms in total. The van der Waals surface area contributed by atoms with Crippen molar-refractivity contribution in [3.05, 3.63) is 95.6 Å². The van der Waals surface area contributed by atoms with E-state index in [1.165, 1.54) is 4.90 Å². The van der Waals surface area contributed by atoms with E-state index in [4.69, 9.17) is 9.47 Å². The lowest BCUT2D eigenvalue weighted by atomic mass is 9.64. The van der Waals surface area contributed by atoms with Crippen molar-refractivity contribution in [3.8, 4) is 11.5 Å². The number of nitrogens with zero attached hydrogens (tertiary/aromatic N) is 1. The van der Waals surface area contributed by atoms with Crippen LogP contribution in [0, 0.1) is 24.7 Å². The van der Waals surface area contributed by atoms with Crippen molar-refractivity contribution in [1.82, 2.24) is 0 Å². The van der Waals surface area contributed by atoms with Crippen molar-refractivity contribution in [1.29, 1.82) is 0 Å². The Hall–Kier alpha value is -4.19. The molecule has 3 aromatic carbocycles. The van der Waals surface area contributed by atoms with Gasteiger partial charge < -0.3 is 9.47 Å². The number of anilines is 1. The Balaban J connectivity index is 1.55. The largest absolute Gasteiger partial charge is 0.497 e. The number of esters is 1. The number of allylic oxidation sites excluding steroid dienone is 1. The van der Waals surface area contributed by atoms with E-state index in [0.717, 1.165) is 22.3 Å². The molecule has 1 saturated heterocycles. The number of carbonyl (C=O) groups excluding carboxylic acids is 3. The zero-order valence-electron chi connectivity index (χ0n) is 19.3. The van der Waals surface area contributed by atoms with Gasteiger partial charge in [-0.3, -0.25) is 14.4 Å². The molecule has 0 spiro atoms. The summed E-state index contributed by atoms with van der Waals surface area (Å²) in [5, 5.41) is 0. The summed E-state index contributed by atoms with van der Waals surface area (Å²) < 4.78 is 11.0. The minimum atomic E-state index is -0.850. The minimum absolute atomic E-state index is 0.301. The highest BCUT2D eigenvalue weighted by atomic mass is 16.5. The predicted octanol–water partition coefficient (Wildman–Crippen LogP) is 4.53. The van der Waals surface area contributed by atoms with Gasteiger partial charge in [0.15, 0.2) is 0 Å². The summed E-state index contributed by atoms with van der Waals surface area (Å²) >= 11 is 0. The van der Waals surface area contributed by atoms with E-state index in [9.17, 15) is 14.4 Å². The van der Waals surface area contributed by atoms with Crippen molar-refractivity contribution < 1.29 is 23.9 Å². The molecule has 1 fully saturated rings. The average Bonchev–Trinajstić information content (AvgIpc) is 3.14. The fraction of sp³-hybridized carbons (Fsp3) is 0.207. The predicted molar refractivity (Wildman–Crippen MR) is 130 cm³/mol. The number of carbonyl (C=O) groups is 3. The minimum Gasteiger partial charge on any atom is -0.497 e. The van der Waals surface area contributed by atoms with E-state index in [1.54, 1.807) is 31.4 Å². The first-order chi connectivity index (χ1) is 17.0. The van der Waals surface area contributed by atoms with Crippen LogP contribution in [0.1, 0.15) is 22.6 Å². The number of aryl methyl sites for hydroxylation is 1. The molecule has 6 rings (SSSR count). The topological polar surface area (TPSA) is 72.9 Å². The molecular weight excluding hydrogens is 442 g/mol. The molecule has 0 aromatic heterocycles. The van der Waals surface area contributed by atoms with Crippen LogP contribution in [0.4, 0.5) is 5.69 Å². The second-order valence-corrected chi connectivity index (χ2v) is 9.22. The Morgan fingerprint density at radius 2 is 1.57 bits per heavy atom. The Bertz CT molecular complexity index is 1390. The van der Waals surface area contributed by atoms with Crippen molar-refractivity contribution in [3.63, 3.8) is 0 Å². The molecule has 35 heavy (non-hydrogen) atoms. The molecule has 1 aliphatic carbocycles. The van der Waals surface area contributed by atoms with Crippen molar-refractivity contribution >= 4 is 29.0 Å². The lowest BCUT2D eigenvalue weighted by Crippen LogP contribution is -2.42. The van der Waals surface area contributed by atoms with Crippen LogP contribution in [0.15, 0.2) is 78.9 Å². The van der Waals surface area contributed by atoms with Crippen molar-refractivity contribution in [2.45, 2.75) is 12.8 Å². The maximum absolute atomic E-state index is 13.8. The Morgan fingerprint density at radius 3 is 2.29 bits per heavy atom. The molecular formula is C29H23NO5. The van der Waals surface area contributed by atoms with Gasteiger partial charge in [-0.15, -0.1) is 0 Å². The highest BCUT2D eigenvalue weighted by Gasteiger charge is 2.60. The van der Waals surface area contributed by atoms with Gasteiger partial charge in [0.05, 0.1) is 30.6 Å². The van der Waals surface area contributed by atoms with Gasteiger partial charge in [0, 0.05) is 11.5 Å². The molecule has 2 heterocycles. The summed E-state index contributed by atoms with van der Waals surface area (Å²) in [6.07, 6.45) is 1.99. The second kappa shape index (κ2) is 7.94. The van der Waals surface area contributed by atoms with Crippen LogP contribution in [0.25, 0.3) is 5.57 Å². The third kappa shape index (κ3) is 3.21. The molecule has 6 heteroatoms. The lowest BCUT2D eigenvalue weighted by Gasteiger charge is -2.38. The van der Waals surface area contributed by atoms with Crippen molar-refractivity contribution in [2.75, 3.05) is 12.0 Å². The summed E-state index contributed by atoms with van der Waals surface area (Å²) in [7, 11) is 1.60. The molecule has 0 radical (unpaired) electrons. The summed E-state index contributed by atoms with van der Waals surface area (Å²) in [6.45, 7) is 1.93. The lowest BCUT2D eigenvalue weighted by molar-refractivity contribution is -0.142. The van der Waals surface area contributed by atoms with E-state index < -0.39 is 23.7 Å². The molecule has 4 atom stereocenters. The molecule has 3 aromatic rings. The Labute approximate surface area is 202 Å². The highest BCUT2D eigenvalue weighted by Crippen LogP contribution is 2.54. The number of para-hydroxylation sites is 1. The second-order valence-electron chi connectivity index (χ2n) is 9.22. The first-order valence-electron chi connectivity index (χ1n) is 11.6. The number of ether oxygens (including phenoxy) is 2. The standard InChI is InChI=1S/C29H23NO5/c1-16-8-13-20-22-15-21(17-9-11-19(34-2)12-10-17)24-26(25(22)29(33)35-23(20)14-16)28(32)30(27(24)31)18-6-4-3-5-7-18/h3-15,21,24-26H,1-2H3/t21-,24+,25-,26-/m0/s1. The zero-order chi connectivity index (χ0) is 24.3. The third-order valence-corrected chi connectivity index (χ3v) is 7.27. The van der Waals surface area contributed by atoms with Gasteiger partial charge in [-0.2, -0.15) is 0 Å². The number of benzene rings is 3. The monoisotopic (exact) mass is 465 g/mol. The maximum atomic E-state index is 13.8. The van der Waals surface area contributed by atoms with Gasteiger partial charge in [0.2, 0.25) is 11.8 Å². The average molecular weight is 466 g/mol. The van der Waals surface area contributed by atoms with Gasteiger partial charge in [0.25, 0.3) is 0 Å². The van der Waals surface area contributed by atoms with Crippen LogP contribution < -0.4 is 14.4 Å². The number of hydrogen-bond acceptors (Lipinski definition) is 5. The molecule has 0 N–H and O–H groups in total. The Kier molecular flexibility index (Phi) is 4.85. The first-order valence-corrected chi connectivity index (χ1v) is 11.6. The summed E-state index contributed by atoms with van der Waals surface area (Å²) in [5.74, 6) is -2.76. The molecule has 0 bridgehead atoms. The third-order valence-electron chi connectivity index (χ3n) is 7.27. The number of methoxy groups -OCH3 is 1. The van der Waals surface area contributed by atoms with Gasteiger partial charge in [-0.05, 0) is 54.0 Å². The molecule has 0 saturated carbocycles. The van der Waals surface area contributed by atoms with Gasteiger partial charge >= 0.3 is 5.97 Å². The highest BCUT2D eigenvalue weighted by molar-refractivity contribution is 6.24. The number of hydrogen-bond donors (Lipinski definition) is 0. The number of imide groups is 1. The fourth-order valence-corrected chi connectivity index (χ4v) is 5.65. The van der Waals surface area contributed by atoms with E-state index in [-0.39, 0.29) is 17.7 Å². The van der Waals surface area contributed by atoms with E-state index >= 15 is 0 Å². The smallest absolute Gasteiger partial charge is 0.319 e. The number of amides is 2. The molecule has 2 amide bonds. The SMILES string of the molecule is COc1ccc([C@@H]2C=C3c4ccc(C)cc4OC(=O)[C@@H]3[C@H]3C(=O)N(c4ccccc4)C(=O)[C@@H]32)cc1. The number of rotatable bonds is 3. The van der Waals surface area contributed by atoms with Crippen LogP contribution in [0.2, 0.25) is 0 Å². The van der Waals surface area contributed by atoms with E-state index in [1.807, 2.05) is 61.5 Å². The summed E-state index contributed by atoms with van der Waals surface area (Å²) in [6, 6.07) is 22.1. The van der Waals surface area contributed by atoms with E-state index in [0.29, 0.717) is 17.2 Å². The fourth-order valence-electron chi connectivity index (χ4n) is 5.65. The number of fused-ring (bicyclic) bond motifs is 5. The van der Waals surface area contributed by atoms with E-state index in [2.05, 4.69) is 0 Å². The Morgan fingerprint density at radius 1 is 0.857 bits per heavy atom. The van der Waals surface area contributed by atoms with Crippen LogP contribution >= 0.6 is 0 Å².